The highest BCUT2D eigenvalue weighted by Gasteiger charge is 2.54. The molecule has 0 saturated carbocycles. The Hall–Kier alpha value is -4.03. The molecule has 350 valence electrons. The van der Waals surface area contributed by atoms with Crippen LogP contribution in [0.1, 0.15) is 20.8 Å². The zero-order valence-corrected chi connectivity index (χ0v) is 33.5. The van der Waals surface area contributed by atoms with Gasteiger partial charge in [0.25, 0.3) is 0 Å². The molecule has 24 nitrogen and oxygen atoms in total. The number of ether oxygens (including phenoxy) is 8. The van der Waals surface area contributed by atoms with Crippen LogP contribution in [0.3, 0.4) is 0 Å². The topological polar surface area (TPSA) is 387 Å². The van der Waals surface area contributed by atoms with Gasteiger partial charge in [0.2, 0.25) is 17.5 Å². The predicted octanol–water partition coefficient (Wildman–Crippen LogP) is -3.98. The number of phenolic OH excluding ortho intramolecular Hbond substituents is 4. The SMILES string of the molecule is CC1OC(OCC2OC(Oc3c(-c4ccc(O)c(O)c4)oc4cc(O)cc(O)c4c3=O)C(OC3OC(C)C(O)C(OC4OC(C)C(O)C(O)C4O)C3O)C(O)C2O)C(O)C(O)C1O. The first-order chi connectivity index (χ1) is 29.7. The summed E-state index contributed by atoms with van der Waals surface area (Å²) in [4.78, 5) is 14.3. The van der Waals surface area contributed by atoms with E-state index in [4.69, 9.17) is 42.3 Å². The molecule has 7 rings (SSSR count). The molecule has 0 amide bonds. The standard InChI is InChI=1S/C39H50O24/c1-10-21(44)26(49)29(52)36(56-10)55-9-19-24(47)28(51)35(63-38-31(54)33(23(46)12(3)58-38)61-37-30(53)27(50)22(45)11(2)57-37)39(60-19)62-34-25(48)20-17(43)7-14(40)8-18(20)59-32(34)13-4-5-15(41)16(42)6-13/h4-8,10-12,19,21-24,26-31,33,35-47,49-54H,9H2,1-3H3. The van der Waals surface area contributed by atoms with Crippen molar-refractivity contribution >= 4 is 11.0 Å². The maximum atomic E-state index is 14.3. The number of benzene rings is 2. The molecule has 0 aliphatic carbocycles. The number of phenols is 4. The van der Waals surface area contributed by atoms with E-state index in [2.05, 4.69) is 0 Å². The van der Waals surface area contributed by atoms with Crippen molar-refractivity contribution in [1.29, 1.82) is 0 Å². The highest BCUT2D eigenvalue weighted by molar-refractivity contribution is 5.88. The molecular formula is C39H50O24. The van der Waals surface area contributed by atoms with E-state index in [0.717, 1.165) is 24.3 Å². The number of fused-ring (bicyclic) bond motifs is 1. The third-order valence-electron chi connectivity index (χ3n) is 11.4. The van der Waals surface area contributed by atoms with Gasteiger partial charge in [0.15, 0.2) is 42.2 Å². The van der Waals surface area contributed by atoms with Gasteiger partial charge in [-0.2, -0.15) is 0 Å². The van der Waals surface area contributed by atoms with Crippen molar-refractivity contribution in [2.75, 3.05) is 6.61 Å². The molecule has 4 saturated heterocycles. The summed E-state index contributed by atoms with van der Waals surface area (Å²) in [6, 6.07) is 4.99. The normalized spacial score (nSPS) is 41.1. The number of aromatic hydroxyl groups is 4. The van der Waals surface area contributed by atoms with E-state index in [1.54, 1.807) is 0 Å². The molecule has 3 aromatic rings. The lowest BCUT2D eigenvalue weighted by molar-refractivity contribution is -0.378. The van der Waals surface area contributed by atoms with Gasteiger partial charge in [-0.3, -0.25) is 4.79 Å². The summed E-state index contributed by atoms with van der Waals surface area (Å²) >= 11 is 0. The van der Waals surface area contributed by atoms with Gasteiger partial charge >= 0.3 is 0 Å². The van der Waals surface area contributed by atoms with Crippen molar-refractivity contribution in [1.82, 2.24) is 0 Å². The Labute approximate surface area is 355 Å². The highest BCUT2D eigenvalue weighted by Crippen LogP contribution is 2.41. The van der Waals surface area contributed by atoms with Crippen LogP contribution in [0.4, 0.5) is 0 Å². The Morgan fingerprint density at radius 2 is 1.11 bits per heavy atom. The average Bonchev–Trinajstić information content (AvgIpc) is 3.23. The quantitative estimate of drug-likeness (QED) is 0.0863. The molecule has 2 aromatic carbocycles. The van der Waals surface area contributed by atoms with Crippen molar-refractivity contribution in [3.63, 3.8) is 0 Å². The second-order valence-electron chi connectivity index (χ2n) is 15.9. The molecule has 0 radical (unpaired) electrons. The largest absolute Gasteiger partial charge is 0.508 e. The number of hydrogen-bond acceptors (Lipinski definition) is 24. The average molecular weight is 903 g/mol. The molecule has 0 bridgehead atoms. The number of hydrogen-bond donors (Lipinski definition) is 14. The van der Waals surface area contributed by atoms with Gasteiger partial charge in [-0.25, -0.2) is 0 Å². The van der Waals surface area contributed by atoms with E-state index in [-0.39, 0.29) is 11.1 Å². The third kappa shape index (κ3) is 9.01. The third-order valence-corrected chi connectivity index (χ3v) is 11.4. The summed E-state index contributed by atoms with van der Waals surface area (Å²) in [5.41, 5.74) is -1.67. The second-order valence-corrected chi connectivity index (χ2v) is 15.9. The van der Waals surface area contributed by atoms with Gasteiger partial charge in [0.1, 0.15) is 95.7 Å². The van der Waals surface area contributed by atoms with E-state index in [0.29, 0.717) is 0 Å². The summed E-state index contributed by atoms with van der Waals surface area (Å²) < 4.78 is 52.0. The minimum atomic E-state index is -2.14. The number of aliphatic hydroxyl groups excluding tert-OH is 10. The van der Waals surface area contributed by atoms with Crippen molar-refractivity contribution in [2.24, 2.45) is 0 Å². The molecule has 4 fully saturated rings. The highest BCUT2D eigenvalue weighted by atomic mass is 16.8. The fourth-order valence-corrected chi connectivity index (χ4v) is 7.68. The summed E-state index contributed by atoms with van der Waals surface area (Å²) in [5, 5.41) is 148. The van der Waals surface area contributed by atoms with Gasteiger partial charge in [-0.05, 0) is 39.0 Å². The molecule has 4 aliphatic rings. The van der Waals surface area contributed by atoms with Crippen LogP contribution in [0.15, 0.2) is 39.5 Å². The van der Waals surface area contributed by atoms with E-state index in [1.807, 2.05) is 0 Å². The minimum absolute atomic E-state index is 0.137. The summed E-state index contributed by atoms with van der Waals surface area (Å²) in [5.74, 6) is -3.91. The van der Waals surface area contributed by atoms with Crippen LogP contribution in [-0.4, -0.2) is 201 Å². The number of rotatable bonds is 10. The molecule has 1 aromatic heterocycles. The maximum absolute atomic E-state index is 14.3. The molecular weight excluding hydrogens is 852 g/mol. The van der Waals surface area contributed by atoms with Gasteiger partial charge in [-0.1, -0.05) is 0 Å². The second kappa shape index (κ2) is 18.5. The first-order valence-corrected chi connectivity index (χ1v) is 19.7. The molecule has 14 N–H and O–H groups in total. The van der Waals surface area contributed by atoms with Crippen LogP contribution in [0, 0.1) is 0 Å². The lowest BCUT2D eigenvalue weighted by Crippen LogP contribution is -2.66. The van der Waals surface area contributed by atoms with Crippen molar-refractivity contribution in [3.8, 4) is 40.1 Å². The van der Waals surface area contributed by atoms with E-state index in [1.165, 1.54) is 26.8 Å². The van der Waals surface area contributed by atoms with E-state index in [9.17, 15) is 76.3 Å². The lowest BCUT2D eigenvalue weighted by Gasteiger charge is -2.48. The summed E-state index contributed by atoms with van der Waals surface area (Å²) in [7, 11) is 0. The zero-order chi connectivity index (χ0) is 45.9. The Kier molecular flexibility index (Phi) is 13.8. The molecule has 0 spiro atoms. The molecule has 4 aliphatic heterocycles. The number of aliphatic hydroxyl groups is 10. The molecule has 20 unspecified atom stereocenters. The Morgan fingerprint density at radius 1 is 0.540 bits per heavy atom. The molecule has 20 atom stereocenters. The fourth-order valence-electron chi connectivity index (χ4n) is 7.68. The fraction of sp³-hybridized carbons (Fsp3) is 0.615. The smallest absolute Gasteiger partial charge is 0.239 e. The summed E-state index contributed by atoms with van der Waals surface area (Å²) in [6.07, 6.45) is -34.2. The van der Waals surface area contributed by atoms with Crippen molar-refractivity contribution < 1.29 is 114 Å². The molecule has 5 heterocycles. The summed E-state index contributed by atoms with van der Waals surface area (Å²) in [6.45, 7) is 3.32. The van der Waals surface area contributed by atoms with Gasteiger partial charge < -0.3 is 114 Å². The monoisotopic (exact) mass is 902 g/mol. The Balaban J connectivity index is 1.25. The van der Waals surface area contributed by atoms with Crippen LogP contribution < -0.4 is 10.2 Å². The first kappa shape index (κ1) is 46.9. The predicted molar refractivity (Wildman–Crippen MR) is 203 cm³/mol. The molecule has 24 heteroatoms. The van der Waals surface area contributed by atoms with Crippen LogP contribution >= 0.6 is 0 Å². The maximum Gasteiger partial charge on any atom is 0.239 e. The zero-order valence-electron chi connectivity index (χ0n) is 33.5. The van der Waals surface area contributed by atoms with Gasteiger partial charge in [-0.15, -0.1) is 0 Å². The lowest BCUT2D eigenvalue weighted by atomic mass is 9.96. The first-order valence-electron chi connectivity index (χ1n) is 19.7. The molecule has 63 heavy (non-hydrogen) atoms. The van der Waals surface area contributed by atoms with Gasteiger partial charge in [0, 0.05) is 17.7 Å². The van der Waals surface area contributed by atoms with Gasteiger partial charge in [0.05, 0.1) is 24.9 Å². The van der Waals surface area contributed by atoms with Crippen LogP contribution in [-0.2, 0) is 33.2 Å². The van der Waals surface area contributed by atoms with Crippen molar-refractivity contribution in [2.45, 2.75) is 144 Å². The Morgan fingerprint density at radius 3 is 1.75 bits per heavy atom. The minimum Gasteiger partial charge on any atom is -0.508 e. The van der Waals surface area contributed by atoms with E-state index >= 15 is 0 Å². The van der Waals surface area contributed by atoms with Crippen LogP contribution in [0.25, 0.3) is 22.3 Å². The van der Waals surface area contributed by atoms with Crippen molar-refractivity contribution in [3.05, 3.63) is 40.6 Å². The Bertz CT molecular complexity index is 2140. The van der Waals surface area contributed by atoms with E-state index < -0.39 is 175 Å². The van der Waals surface area contributed by atoms with Crippen LogP contribution in [0.2, 0.25) is 0 Å². The van der Waals surface area contributed by atoms with Crippen LogP contribution in [0.5, 0.6) is 28.7 Å².